The highest BCUT2D eigenvalue weighted by Gasteiger charge is 2.09. The first-order valence-corrected chi connectivity index (χ1v) is 4.45. The first-order chi connectivity index (χ1) is 7.16. The number of nitrogens with two attached hydrogens (primary N) is 1. The van der Waals surface area contributed by atoms with Gasteiger partial charge in [0.1, 0.15) is 0 Å². The minimum Gasteiger partial charge on any atom is -0.363 e. The number of rotatable bonds is 3. The third-order valence-electron chi connectivity index (χ3n) is 2.05. The molecule has 0 radical (unpaired) electrons. The molecule has 6 heteroatoms. The first-order valence-electron chi connectivity index (χ1n) is 4.45. The van der Waals surface area contributed by atoms with Gasteiger partial charge in [-0.15, -0.1) is 0 Å². The van der Waals surface area contributed by atoms with Gasteiger partial charge in [-0.05, 0) is 0 Å². The number of primary amides is 1. The van der Waals surface area contributed by atoms with Crippen LogP contribution in [0.3, 0.4) is 0 Å². The highest BCUT2D eigenvalue weighted by Crippen LogP contribution is 2.03. The second-order valence-electron chi connectivity index (χ2n) is 3.27. The first kappa shape index (κ1) is 9.45. The van der Waals surface area contributed by atoms with Gasteiger partial charge in [-0.1, -0.05) is 0 Å². The van der Waals surface area contributed by atoms with E-state index in [1.807, 2.05) is 13.2 Å². The van der Waals surface area contributed by atoms with Crippen LogP contribution in [0.5, 0.6) is 0 Å². The zero-order valence-corrected chi connectivity index (χ0v) is 8.29. The average Bonchev–Trinajstić information content (AvgIpc) is 2.75. The summed E-state index contributed by atoms with van der Waals surface area (Å²) in [6.07, 6.45) is 6.89. The van der Waals surface area contributed by atoms with Crippen molar-refractivity contribution in [3.05, 3.63) is 36.2 Å². The van der Waals surface area contributed by atoms with E-state index in [0.717, 1.165) is 5.56 Å². The number of imidazole rings is 1. The standard InChI is InChI=1S/C9H11N5O/c1-13-5-7(4-12-13)6-14-3-2-11-9(14)8(10)15/h2-5H,6H2,1H3,(H2,10,15). The molecule has 2 aromatic heterocycles. The molecule has 2 rings (SSSR count). The van der Waals surface area contributed by atoms with Crippen molar-refractivity contribution >= 4 is 5.91 Å². The summed E-state index contributed by atoms with van der Waals surface area (Å²) >= 11 is 0. The number of aryl methyl sites for hydroxylation is 1. The van der Waals surface area contributed by atoms with Crippen molar-refractivity contribution in [1.82, 2.24) is 19.3 Å². The fourth-order valence-electron chi connectivity index (χ4n) is 1.41. The molecule has 0 saturated carbocycles. The Bertz CT molecular complexity index is 484. The highest BCUT2D eigenvalue weighted by atomic mass is 16.1. The summed E-state index contributed by atoms with van der Waals surface area (Å²) in [6, 6.07) is 0. The number of aromatic nitrogens is 4. The fourth-order valence-corrected chi connectivity index (χ4v) is 1.41. The van der Waals surface area contributed by atoms with Gasteiger partial charge in [0, 0.05) is 31.2 Å². The Balaban J connectivity index is 2.24. The minimum atomic E-state index is -0.524. The van der Waals surface area contributed by atoms with Crippen molar-refractivity contribution in [3.63, 3.8) is 0 Å². The van der Waals surface area contributed by atoms with Crippen molar-refractivity contribution in [2.45, 2.75) is 6.54 Å². The lowest BCUT2D eigenvalue weighted by molar-refractivity contribution is 0.0987. The zero-order chi connectivity index (χ0) is 10.8. The zero-order valence-electron chi connectivity index (χ0n) is 8.29. The monoisotopic (exact) mass is 205 g/mol. The van der Waals surface area contributed by atoms with Crippen LogP contribution in [-0.4, -0.2) is 25.2 Å². The van der Waals surface area contributed by atoms with Crippen LogP contribution in [-0.2, 0) is 13.6 Å². The minimum absolute atomic E-state index is 0.263. The van der Waals surface area contributed by atoms with Crippen LogP contribution in [0.2, 0.25) is 0 Å². The van der Waals surface area contributed by atoms with Crippen LogP contribution in [0.1, 0.15) is 16.2 Å². The van der Waals surface area contributed by atoms with Gasteiger partial charge in [-0.2, -0.15) is 5.10 Å². The van der Waals surface area contributed by atoms with Crippen LogP contribution in [0.15, 0.2) is 24.8 Å². The molecule has 0 bridgehead atoms. The molecule has 0 aromatic carbocycles. The molecule has 0 saturated heterocycles. The Morgan fingerprint density at radius 1 is 1.60 bits per heavy atom. The third kappa shape index (κ3) is 1.88. The van der Waals surface area contributed by atoms with Gasteiger partial charge in [-0.25, -0.2) is 4.98 Å². The summed E-state index contributed by atoms with van der Waals surface area (Å²) in [5, 5.41) is 4.04. The van der Waals surface area contributed by atoms with E-state index in [2.05, 4.69) is 10.1 Å². The fraction of sp³-hybridized carbons (Fsp3) is 0.222. The molecule has 0 fully saturated rings. The Kier molecular flexibility index (Phi) is 2.24. The van der Waals surface area contributed by atoms with Crippen molar-refractivity contribution in [3.8, 4) is 0 Å². The second-order valence-corrected chi connectivity index (χ2v) is 3.27. The lowest BCUT2D eigenvalue weighted by atomic mass is 10.3. The second kappa shape index (κ2) is 3.56. The lowest BCUT2D eigenvalue weighted by Gasteiger charge is -2.02. The van der Waals surface area contributed by atoms with Crippen LogP contribution in [0, 0.1) is 0 Å². The molecule has 6 nitrogen and oxygen atoms in total. The van der Waals surface area contributed by atoms with E-state index in [1.54, 1.807) is 27.8 Å². The average molecular weight is 205 g/mol. The Labute approximate surface area is 86.3 Å². The third-order valence-corrected chi connectivity index (χ3v) is 2.05. The molecule has 2 aromatic rings. The maximum absolute atomic E-state index is 11.0. The van der Waals surface area contributed by atoms with Crippen LogP contribution >= 0.6 is 0 Å². The van der Waals surface area contributed by atoms with E-state index in [1.165, 1.54) is 0 Å². The van der Waals surface area contributed by atoms with Gasteiger partial charge in [-0.3, -0.25) is 9.48 Å². The van der Waals surface area contributed by atoms with Crippen LogP contribution < -0.4 is 5.73 Å². The number of hydrogen-bond donors (Lipinski definition) is 1. The van der Waals surface area contributed by atoms with E-state index in [4.69, 9.17) is 5.73 Å². The lowest BCUT2D eigenvalue weighted by Crippen LogP contribution is -2.18. The number of carbonyl (C=O) groups is 1. The summed E-state index contributed by atoms with van der Waals surface area (Å²) in [5.74, 6) is -0.261. The SMILES string of the molecule is Cn1cc(Cn2ccnc2C(N)=O)cn1. The molecule has 0 aliphatic carbocycles. The van der Waals surface area contributed by atoms with Gasteiger partial charge in [0.15, 0.2) is 5.82 Å². The van der Waals surface area contributed by atoms with Gasteiger partial charge in [0.25, 0.3) is 5.91 Å². The van der Waals surface area contributed by atoms with E-state index in [-0.39, 0.29) is 5.82 Å². The van der Waals surface area contributed by atoms with Crippen LogP contribution in [0.25, 0.3) is 0 Å². The highest BCUT2D eigenvalue weighted by molar-refractivity contribution is 5.89. The topological polar surface area (TPSA) is 78.7 Å². The quantitative estimate of drug-likeness (QED) is 0.751. The van der Waals surface area contributed by atoms with Crippen molar-refractivity contribution < 1.29 is 4.79 Å². The van der Waals surface area contributed by atoms with E-state index < -0.39 is 5.91 Å². The summed E-state index contributed by atoms with van der Waals surface area (Å²) < 4.78 is 3.40. The number of hydrogen-bond acceptors (Lipinski definition) is 3. The van der Waals surface area contributed by atoms with Gasteiger partial charge < -0.3 is 10.3 Å². The molecule has 0 atom stereocenters. The molecule has 0 spiro atoms. The molecule has 15 heavy (non-hydrogen) atoms. The Hall–Kier alpha value is -2.11. The van der Waals surface area contributed by atoms with E-state index in [0.29, 0.717) is 6.54 Å². The predicted molar refractivity (Wildman–Crippen MR) is 53.1 cm³/mol. The van der Waals surface area contributed by atoms with Crippen molar-refractivity contribution in [1.29, 1.82) is 0 Å². The molecule has 1 amide bonds. The molecule has 2 N–H and O–H groups in total. The van der Waals surface area contributed by atoms with Gasteiger partial charge in [0.05, 0.1) is 12.7 Å². The van der Waals surface area contributed by atoms with Crippen molar-refractivity contribution in [2.75, 3.05) is 0 Å². The number of amides is 1. The number of carbonyl (C=O) groups excluding carboxylic acids is 1. The summed E-state index contributed by atoms with van der Waals surface area (Å²) in [4.78, 5) is 14.9. The van der Waals surface area contributed by atoms with Crippen LogP contribution in [0.4, 0.5) is 0 Å². The normalized spacial score (nSPS) is 10.5. The molecule has 78 valence electrons. The molecule has 0 unspecified atom stereocenters. The summed E-state index contributed by atoms with van der Waals surface area (Å²) in [7, 11) is 1.84. The number of nitrogens with zero attached hydrogens (tertiary/aromatic N) is 4. The Morgan fingerprint density at radius 2 is 2.40 bits per heavy atom. The molecule has 2 heterocycles. The maximum atomic E-state index is 11.0. The summed E-state index contributed by atoms with van der Waals surface area (Å²) in [5.41, 5.74) is 6.17. The largest absolute Gasteiger partial charge is 0.363 e. The predicted octanol–water partition coefficient (Wildman–Crippen LogP) is -0.236. The summed E-state index contributed by atoms with van der Waals surface area (Å²) in [6.45, 7) is 0.548. The van der Waals surface area contributed by atoms with E-state index >= 15 is 0 Å². The molecular formula is C9H11N5O. The maximum Gasteiger partial charge on any atom is 0.284 e. The smallest absolute Gasteiger partial charge is 0.284 e. The van der Waals surface area contributed by atoms with Gasteiger partial charge in [0.2, 0.25) is 0 Å². The van der Waals surface area contributed by atoms with Gasteiger partial charge >= 0.3 is 0 Å². The van der Waals surface area contributed by atoms with Crippen molar-refractivity contribution in [2.24, 2.45) is 12.8 Å². The Morgan fingerprint density at radius 3 is 3.00 bits per heavy atom. The molecule has 0 aliphatic rings. The van der Waals surface area contributed by atoms with E-state index in [9.17, 15) is 4.79 Å². The molecule has 0 aliphatic heterocycles. The molecular weight excluding hydrogens is 194 g/mol.